The largest absolute Gasteiger partial charge is 0.450 e. The van der Waals surface area contributed by atoms with E-state index in [0.29, 0.717) is 13.1 Å². The van der Waals surface area contributed by atoms with E-state index in [-0.39, 0.29) is 74.5 Å². The van der Waals surface area contributed by atoms with Crippen LogP contribution < -0.4 is 21.3 Å². The molecule has 526 valence electrons. The fraction of sp³-hybridized carbons (Fsp3) is 0.818. The molecule has 6 N–H and O–H groups in total. The Kier molecular flexibility index (Phi) is 35.1. The number of aliphatic hydroxyl groups is 2. The lowest BCUT2D eigenvalue weighted by Crippen LogP contribution is -2.64. The second-order valence-electron chi connectivity index (χ2n) is 28.5. The smallest absolute Gasteiger partial charge is 0.329 e. The molecule has 92 heavy (non-hydrogen) atoms. The molecule has 1 fully saturated rings. The Morgan fingerprint density at radius 1 is 0.511 bits per heavy atom. The Labute approximate surface area is 549 Å². The molecule has 1 aliphatic rings. The first kappa shape index (κ1) is 83.6. The number of nitrogens with zero attached hydrogens (tertiary/aromatic N) is 8. The summed E-state index contributed by atoms with van der Waals surface area (Å²) in [7, 11) is 9.86. The monoisotopic (exact) mass is 1300 g/mol. The normalized spacial score (nSPS) is 25.9. The lowest BCUT2D eigenvalue weighted by molar-refractivity contribution is -0.166. The van der Waals surface area contributed by atoms with Gasteiger partial charge in [0.15, 0.2) is 6.10 Å². The van der Waals surface area contributed by atoms with Crippen LogP contribution in [0.1, 0.15) is 163 Å². The van der Waals surface area contributed by atoms with Gasteiger partial charge >= 0.3 is 5.97 Å². The Balaban J connectivity index is 4.44. The van der Waals surface area contributed by atoms with E-state index in [4.69, 9.17) is 4.74 Å². The second kappa shape index (κ2) is 38.7. The number of cyclic esters (lactones) is 1. The molecule has 13 atom stereocenters. The highest BCUT2D eigenvalue weighted by Crippen LogP contribution is 2.25. The van der Waals surface area contributed by atoms with Crippen LogP contribution in [0, 0.1) is 58.7 Å². The van der Waals surface area contributed by atoms with Gasteiger partial charge in [-0.1, -0.05) is 104 Å². The summed E-state index contributed by atoms with van der Waals surface area (Å²) >= 11 is 0. The van der Waals surface area contributed by atoms with E-state index in [1.807, 2.05) is 74.1 Å². The topological polar surface area (TPSA) is 332 Å². The van der Waals surface area contributed by atoms with Gasteiger partial charge in [-0.25, -0.2) is 4.79 Å². The zero-order chi connectivity index (χ0) is 71.3. The predicted octanol–water partition coefficient (Wildman–Crippen LogP) is 2.62. The Morgan fingerprint density at radius 2 is 0.924 bits per heavy atom. The molecule has 0 spiro atoms. The maximum absolute atomic E-state index is 15.3. The van der Waals surface area contributed by atoms with Crippen molar-refractivity contribution in [2.75, 3.05) is 69.0 Å². The zero-order valence-electron chi connectivity index (χ0n) is 60.0. The molecular weight excluding hydrogens is 1180 g/mol. The summed E-state index contributed by atoms with van der Waals surface area (Å²) in [6.45, 7) is 29.4. The van der Waals surface area contributed by atoms with Crippen LogP contribution in [0.3, 0.4) is 0 Å². The third-order valence-corrected chi connectivity index (χ3v) is 16.9. The van der Waals surface area contributed by atoms with Gasteiger partial charge in [-0.3, -0.25) is 47.9 Å². The summed E-state index contributed by atoms with van der Waals surface area (Å²) in [6.07, 6.45) is -3.80. The lowest BCUT2D eigenvalue weighted by Gasteiger charge is -2.40. The summed E-state index contributed by atoms with van der Waals surface area (Å²) in [5.74, 6) is -11.9. The number of hydrogen-bond donors (Lipinski definition) is 6. The number of amides is 10. The van der Waals surface area contributed by atoms with Gasteiger partial charge in [0.05, 0.1) is 24.8 Å². The molecule has 26 heteroatoms. The summed E-state index contributed by atoms with van der Waals surface area (Å²) < 4.78 is 5.90. The van der Waals surface area contributed by atoms with Crippen molar-refractivity contribution in [3.05, 3.63) is 0 Å². The maximum Gasteiger partial charge on any atom is 0.329 e. The molecule has 1 saturated heterocycles. The summed E-state index contributed by atoms with van der Waals surface area (Å²) in [5, 5.41) is 43.8. The third kappa shape index (κ3) is 25.1. The molecular formula is C66H118N12O14. The highest BCUT2D eigenvalue weighted by atomic mass is 16.6. The molecule has 0 radical (unpaired) electrons. The van der Waals surface area contributed by atoms with Crippen LogP contribution in [0.2, 0.25) is 0 Å². The number of rotatable bonds is 20. The second-order valence-corrected chi connectivity index (χ2v) is 28.5. The van der Waals surface area contributed by atoms with E-state index in [1.165, 1.54) is 70.8 Å². The third-order valence-electron chi connectivity index (χ3n) is 16.9. The number of likely N-dealkylation sites (N-methyl/N-ethyl adjacent to an activating group) is 6. The molecule has 1 aliphatic heterocycles. The van der Waals surface area contributed by atoms with Crippen molar-refractivity contribution in [2.24, 2.45) is 47.3 Å². The van der Waals surface area contributed by atoms with Crippen molar-refractivity contribution < 1.29 is 67.7 Å². The van der Waals surface area contributed by atoms with Gasteiger partial charge in [0.1, 0.15) is 54.4 Å². The Hall–Kier alpha value is -6.46. The standard InChI is InChI=1S/C66H118N12O14/c1-36(2)30-46-61(86)75(21)49(33-39(7)8)57(82)68-44(16)66(91)92-56(42(13)14)65(90)76(22)50(34-40(9)10)59(84)70-47(31-37(3)4)62(87)77(23)53(41(11)12)64(89)78(24)54(55(81)43(15)26-29-72(18)28-25-27-67)60(85)71-52(45(17)79)63(88)73(19)35-51(80)74(20)48(32-38(5)6)58(83)69-46/h36-50,52-56,79,81H,25-26,28-35H2,1-24H3,(H,68,82)(H,69,83)(H,70,84)(H,71,85)/t43-,44+,45-,46+,47+,48+,49+,50+,52+,53+,54+,55-,56-/m1/s1. The average Bonchev–Trinajstić information content (AvgIpc) is 0.829. The van der Waals surface area contributed by atoms with Gasteiger partial charge < -0.3 is 70.5 Å². The van der Waals surface area contributed by atoms with Crippen LogP contribution in [0.15, 0.2) is 0 Å². The number of nitrogens with one attached hydrogen (secondary N) is 4. The van der Waals surface area contributed by atoms with E-state index in [1.54, 1.807) is 41.7 Å². The molecule has 0 bridgehead atoms. The minimum absolute atomic E-state index is 0.0644. The van der Waals surface area contributed by atoms with Crippen molar-refractivity contribution >= 4 is 65.0 Å². The van der Waals surface area contributed by atoms with Crippen LogP contribution in [0.5, 0.6) is 0 Å². The summed E-state index contributed by atoms with van der Waals surface area (Å²) in [6, 6.07) is -10.3. The molecule has 0 aromatic rings. The van der Waals surface area contributed by atoms with Crippen LogP contribution in [-0.2, 0) is 57.5 Å². The van der Waals surface area contributed by atoms with Crippen molar-refractivity contribution in [3.8, 4) is 6.07 Å². The lowest BCUT2D eigenvalue weighted by atomic mass is 9.91. The quantitative estimate of drug-likeness (QED) is 0.0955. The number of carbonyl (C=O) groups excluding carboxylic acids is 11. The van der Waals surface area contributed by atoms with E-state index >= 15 is 14.4 Å². The predicted molar refractivity (Wildman–Crippen MR) is 350 cm³/mol. The van der Waals surface area contributed by atoms with Crippen LogP contribution in [0.25, 0.3) is 0 Å². The molecule has 26 nitrogen and oxygen atoms in total. The van der Waals surface area contributed by atoms with Crippen LogP contribution in [0.4, 0.5) is 0 Å². The van der Waals surface area contributed by atoms with Crippen LogP contribution >= 0.6 is 0 Å². The number of nitriles is 1. The van der Waals surface area contributed by atoms with E-state index in [2.05, 4.69) is 27.3 Å². The molecule has 0 aliphatic carbocycles. The SMILES string of the molecule is CC(C)C[C@@H]1NC(=O)[C@H](CC(C)C)N(C)C(=O)[C@@H](C(C)C)OC(=O)[C@H](C)NC(=O)[C@H](CC(C)C)N(C)C(=O)[C@H](CC(C)C)NC(=O)[C@H](CC(C)C)N(C)C(=O)CN(C)C(=O)[C@H]([C@@H](C)O)NC(=O)[C@H]([C@H](O)[C@H](C)CCN(C)CCC#N)N(C)C(=O)[C@H](C(C)C)N(C)C1=O. The van der Waals surface area contributed by atoms with Crippen molar-refractivity contribution in [3.63, 3.8) is 0 Å². The van der Waals surface area contributed by atoms with E-state index < -0.39 is 162 Å². The first-order chi connectivity index (χ1) is 42.4. The first-order valence-electron chi connectivity index (χ1n) is 32.9. The van der Waals surface area contributed by atoms with Gasteiger partial charge in [-0.05, 0) is 113 Å². The molecule has 0 saturated carbocycles. The average molecular weight is 1300 g/mol. The molecule has 0 aromatic heterocycles. The summed E-state index contributed by atoms with van der Waals surface area (Å²) in [4.78, 5) is 170. The molecule has 1 rings (SSSR count). The first-order valence-corrected chi connectivity index (χ1v) is 32.9. The maximum atomic E-state index is 15.3. The molecule has 10 amide bonds. The number of carbonyl (C=O) groups is 11. The number of hydrogen-bond acceptors (Lipinski definition) is 16. The molecule has 0 aromatic carbocycles. The van der Waals surface area contributed by atoms with Gasteiger partial charge in [-0.15, -0.1) is 0 Å². The molecule has 1 heterocycles. The minimum atomic E-state index is -1.79. The Morgan fingerprint density at radius 3 is 1.34 bits per heavy atom. The number of aliphatic hydroxyl groups excluding tert-OH is 2. The van der Waals surface area contributed by atoms with Gasteiger partial charge in [0.2, 0.25) is 53.2 Å². The van der Waals surface area contributed by atoms with Gasteiger partial charge in [0.25, 0.3) is 5.91 Å². The van der Waals surface area contributed by atoms with Crippen molar-refractivity contribution in [1.29, 1.82) is 5.26 Å². The zero-order valence-corrected chi connectivity index (χ0v) is 60.0. The summed E-state index contributed by atoms with van der Waals surface area (Å²) in [5.41, 5.74) is 0. The minimum Gasteiger partial charge on any atom is -0.450 e. The van der Waals surface area contributed by atoms with E-state index in [9.17, 15) is 53.8 Å². The van der Waals surface area contributed by atoms with E-state index in [0.717, 1.165) is 14.7 Å². The number of ether oxygens (including phenoxy) is 1. The highest BCUT2D eigenvalue weighted by molar-refractivity contribution is 5.99. The van der Waals surface area contributed by atoms with Crippen LogP contribution in [-0.4, -0.2) is 251 Å². The molecule has 0 unspecified atom stereocenters. The van der Waals surface area contributed by atoms with Crippen molar-refractivity contribution in [2.45, 2.75) is 235 Å². The van der Waals surface area contributed by atoms with Crippen molar-refractivity contribution in [1.82, 2.24) is 55.6 Å². The fourth-order valence-corrected chi connectivity index (χ4v) is 11.3. The fourth-order valence-electron chi connectivity index (χ4n) is 11.3. The Bertz CT molecular complexity index is 2520. The van der Waals surface area contributed by atoms with Gasteiger partial charge in [-0.2, -0.15) is 5.26 Å². The highest BCUT2D eigenvalue weighted by Gasteiger charge is 2.46. The van der Waals surface area contributed by atoms with Gasteiger partial charge in [0, 0.05) is 55.3 Å². The number of esters is 1.